The van der Waals surface area contributed by atoms with Crippen LogP contribution in [0, 0.1) is 0 Å². The molecule has 0 aromatic heterocycles. The van der Waals surface area contributed by atoms with Gasteiger partial charge in [0, 0.05) is 40.5 Å². The number of ether oxygens (including phenoxy) is 2. The fraction of sp³-hybridized carbons (Fsp3) is 0.294. The zero-order chi connectivity index (χ0) is 15.4. The molecule has 0 unspecified atom stereocenters. The molecular weight excluding hydrogens is 321 g/mol. The molecule has 0 spiro atoms. The maximum atomic E-state index is 6.16. The first-order valence-electron chi connectivity index (χ1n) is 7.22. The molecule has 1 aliphatic heterocycles. The van der Waals surface area contributed by atoms with Crippen molar-refractivity contribution in [1.29, 1.82) is 0 Å². The number of nitrogens with zero attached hydrogens (tertiary/aromatic N) is 1. The van der Waals surface area contributed by atoms with E-state index in [1.807, 2.05) is 36.4 Å². The zero-order valence-corrected chi connectivity index (χ0v) is 13.6. The molecule has 116 valence electrons. The highest BCUT2D eigenvalue weighted by molar-refractivity contribution is 6.35. The van der Waals surface area contributed by atoms with E-state index in [1.54, 1.807) is 0 Å². The summed E-state index contributed by atoms with van der Waals surface area (Å²) >= 11 is 12.3. The Morgan fingerprint density at radius 3 is 2.41 bits per heavy atom. The molecule has 0 saturated carbocycles. The first kappa shape index (κ1) is 15.5. The van der Waals surface area contributed by atoms with E-state index < -0.39 is 0 Å². The third-order valence-corrected chi connectivity index (χ3v) is 4.35. The van der Waals surface area contributed by atoms with Gasteiger partial charge in [0.15, 0.2) is 0 Å². The first-order valence-corrected chi connectivity index (χ1v) is 7.98. The Hall–Kier alpha value is -1.42. The Balaban J connectivity index is 1.70. The lowest BCUT2D eigenvalue weighted by atomic mass is 10.2. The molecule has 3 rings (SSSR count). The van der Waals surface area contributed by atoms with Gasteiger partial charge in [0.2, 0.25) is 0 Å². The van der Waals surface area contributed by atoms with Gasteiger partial charge in [-0.15, -0.1) is 0 Å². The molecular formula is C17H17Cl2NO2. The lowest BCUT2D eigenvalue weighted by Gasteiger charge is -2.29. The summed E-state index contributed by atoms with van der Waals surface area (Å²) in [6.45, 7) is 3.69. The van der Waals surface area contributed by atoms with Crippen molar-refractivity contribution in [2.45, 2.75) is 6.61 Å². The standard InChI is InChI=1S/C17H17Cl2NO2/c18-16-5-2-6-17(19)15(16)12-22-14-4-1-3-13(11-14)20-7-9-21-10-8-20/h1-6,11H,7-10,12H2. The highest BCUT2D eigenvalue weighted by atomic mass is 35.5. The van der Waals surface area contributed by atoms with Crippen LogP contribution in [0.3, 0.4) is 0 Å². The number of anilines is 1. The topological polar surface area (TPSA) is 21.7 Å². The minimum Gasteiger partial charge on any atom is -0.489 e. The van der Waals surface area contributed by atoms with Crippen LogP contribution in [-0.2, 0) is 11.3 Å². The van der Waals surface area contributed by atoms with Crippen molar-refractivity contribution in [2.75, 3.05) is 31.2 Å². The van der Waals surface area contributed by atoms with E-state index >= 15 is 0 Å². The van der Waals surface area contributed by atoms with Gasteiger partial charge < -0.3 is 14.4 Å². The highest BCUT2D eigenvalue weighted by Crippen LogP contribution is 2.27. The van der Waals surface area contributed by atoms with E-state index in [-0.39, 0.29) is 0 Å². The average Bonchev–Trinajstić information content (AvgIpc) is 2.55. The normalized spacial score (nSPS) is 14.9. The van der Waals surface area contributed by atoms with Gasteiger partial charge >= 0.3 is 0 Å². The van der Waals surface area contributed by atoms with Crippen LogP contribution in [0.2, 0.25) is 10.0 Å². The molecule has 0 bridgehead atoms. The minimum atomic E-state index is 0.352. The summed E-state index contributed by atoms with van der Waals surface area (Å²) in [4.78, 5) is 2.29. The third kappa shape index (κ3) is 3.67. The third-order valence-electron chi connectivity index (χ3n) is 3.64. The molecule has 1 aliphatic rings. The Labute approximate surface area is 140 Å². The number of halogens is 2. The van der Waals surface area contributed by atoms with Crippen molar-refractivity contribution >= 4 is 28.9 Å². The molecule has 0 N–H and O–H groups in total. The molecule has 1 saturated heterocycles. The van der Waals surface area contributed by atoms with E-state index in [4.69, 9.17) is 32.7 Å². The lowest BCUT2D eigenvalue weighted by molar-refractivity contribution is 0.122. The van der Waals surface area contributed by atoms with Crippen LogP contribution in [0.25, 0.3) is 0 Å². The van der Waals surface area contributed by atoms with Crippen molar-refractivity contribution < 1.29 is 9.47 Å². The lowest BCUT2D eigenvalue weighted by Crippen LogP contribution is -2.36. The SMILES string of the molecule is Clc1cccc(Cl)c1COc1cccc(N2CCOCC2)c1. The summed E-state index contributed by atoms with van der Waals surface area (Å²) in [5.41, 5.74) is 1.95. The second kappa shape index (κ2) is 7.23. The number of rotatable bonds is 4. The summed E-state index contributed by atoms with van der Waals surface area (Å²) in [5, 5.41) is 1.24. The summed E-state index contributed by atoms with van der Waals surface area (Å²) in [5.74, 6) is 0.806. The minimum absolute atomic E-state index is 0.352. The molecule has 5 heteroatoms. The Morgan fingerprint density at radius 2 is 1.68 bits per heavy atom. The van der Waals surface area contributed by atoms with E-state index in [2.05, 4.69) is 11.0 Å². The molecule has 0 aliphatic carbocycles. The fourth-order valence-electron chi connectivity index (χ4n) is 2.42. The molecule has 1 fully saturated rings. The predicted molar refractivity (Wildman–Crippen MR) is 90.3 cm³/mol. The molecule has 0 radical (unpaired) electrons. The molecule has 2 aromatic carbocycles. The van der Waals surface area contributed by atoms with Crippen molar-refractivity contribution in [2.24, 2.45) is 0 Å². The summed E-state index contributed by atoms with van der Waals surface area (Å²) in [6, 6.07) is 13.5. The first-order chi connectivity index (χ1) is 10.7. The van der Waals surface area contributed by atoms with Crippen molar-refractivity contribution in [3.05, 3.63) is 58.1 Å². The summed E-state index contributed by atoms with van der Waals surface area (Å²) in [6.07, 6.45) is 0. The summed E-state index contributed by atoms with van der Waals surface area (Å²) in [7, 11) is 0. The second-order valence-corrected chi connectivity index (χ2v) is 5.90. The van der Waals surface area contributed by atoms with E-state index in [0.29, 0.717) is 16.7 Å². The molecule has 1 heterocycles. The Morgan fingerprint density at radius 1 is 1.00 bits per heavy atom. The van der Waals surface area contributed by atoms with Gasteiger partial charge in [-0.05, 0) is 24.3 Å². The van der Waals surface area contributed by atoms with Crippen molar-refractivity contribution in [3.8, 4) is 5.75 Å². The van der Waals surface area contributed by atoms with Crippen LogP contribution in [0.15, 0.2) is 42.5 Å². The van der Waals surface area contributed by atoms with Gasteiger partial charge in [0.05, 0.1) is 13.2 Å². The molecule has 3 nitrogen and oxygen atoms in total. The van der Waals surface area contributed by atoms with Crippen LogP contribution >= 0.6 is 23.2 Å². The molecule has 0 amide bonds. The van der Waals surface area contributed by atoms with E-state index in [1.165, 1.54) is 0 Å². The second-order valence-electron chi connectivity index (χ2n) is 5.09. The van der Waals surface area contributed by atoms with E-state index in [0.717, 1.165) is 43.3 Å². The number of morpholine rings is 1. The quantitative estimate of drug-likeness (QED) is 0.824. The Bertz CT molecular complexity index is 622. The number of hydrogen-bond donors (Lipinski definition) is 0. The monoisotopic (exact) mass is 337 g/mol. The largest absolute Gasteiger partial charge is 0.489 e. The van der Waals surface area contributed by atoms with Crippen LogP contribution in [0.1, 0.15) is 5.56 Å². The van der Waals surface area contributed by atoms with E-state index in [9.17, 15) is 0 Å². The van der Waals surface area contributed by atoms with Gasteiger partial charge in [0.1, 0.15) is 12.4 Å². The van der Waals surface area contributed by atoms with Gasteiger partial charge in [-0.25, -0.2) is 0 Å². The smallest absolute Gasteiger partial charge is 0.121 e. The predicted octanol–water partition coefficient (Wildman–Crippen LogP) is 4.41. The van der Waals surface area contributed by atoms with Crippen molar-refractivity contribution in [1.82, 2.24) is 0 Å². The maximum absolute atomic E-state index is 6.16. The Kier molecular flexibility index (Phi) is 5.08. The molecule has 0 atom stereocenters. The highest BCUT2D eigenvalue weighted by Gasteiger charge is 2.12. The fourth-order valence-corrected chi connectivity index (χ4v) is 2.92. The zero-order valence-electron chi connectivity index (χ0n) is 12.1. The number of benzene rings is 2. The number of hydrogen-bond acceptors (Lipinski definition) is 3. The molecule has 2 aromatic rings. The van der Waals surface area contributed by atoms with Gasteiger partial charge in [-0.3, -0.25) is 0 Å². The van der Waals surface area contributed by atoms with Crippen LogP contribution in [0.5, 0.6) is 5.75 Å². The van der Waals surface area contributed by atoms with Crippen molar-refractivity contribution in [3.63, 3.8) is 0 Å². The van der Waals surface area contributed by atoms with Gasteiger partial charge in [0.25, 0.3) is 0 Å². The van der Waals surface area contributed by atoms with Gasteiger partial charge in [-0.2, -0.15) is 0 Å². The summed E-state index contributed by atoms with van der Waals surface area (Å²) < 4.78 is 11.2. The van der Waals surface area contributed by atoms with Gasteiger partial charge in [-0.1, -0.05) is 35.3 Å². The molecule has 22 heavy (non-hydrogen) atoms. The average molecular weight is 338 g/mol. The maximum Gasteiger partial charge on any atom is 0.121 e. The van der Waals surface area contributed by atoms with Crippen LogP contribution in [-0.4, -0.2) is 26.3 Å². The van der Waals surface area contributed by atoms with Crippen LogP contribution < -0.4 is 9.64 Å². The van der Waals surface area contributed by atoms with Crippen LogP contribution in [0.4, 0.5) is 5.69 Å².